The Morgan fingerprint density at radius 1 is 1.38 bits per heavy atom. The summed E-state index contributed by atoms with van der Waals surface area (Å²) in [6.07, 6.45) is 1.00. The van der Waals surface area contributed by atoms with Crippen molar-refractivity contribution in [3.8, 4) is 0 Å². The number of thiazole rings is 1. The maximum absolute atomic E-state index is 12.8. The molecule has 1 aromatic carbocycles. The number of benzene rings is 1. The number of guanidine groups is 1. The quantitative estimate of drug-likeness (QED) is 0.350. The van der Waals surface area contributed by atoms with Crippen molar-refractivity contribution < 1.29 is 4.39 Å². The van der Waals surface area contributed by atoms with Crippen LogP contribution in [0.1, 0.15) is 17.1 Å². The third kappa shape index (κ3) is 6.13. The van der Waals surface area contributed by atoms with Crippen molar-refractivity contribution in [3.05, 3.63) is 46.2 Å². The highest BCUT2D eigenvalue weighted by Gasteiger charge is 2.08. The Bertz CT molecular complexity index is 655. The molecule has 0 spiro atoms. The van der Waals surface area contributed by atoms with Crippen molar-refractivity contribution >= 4 is 29.1 Å². The smallest absolute Gasteiger partial charge is 0.193 e. The number of aliphatic imine (C=N–C) groups is 1. The van der Waals surface area contributed by atoms with E-state index in [1.807, 2.05) is 26.1 Å². The van der Waals surface area contributed by atoms with Crippen LogP contribution in [0.15, 0.2) is 39.5 Å². The van der Waals surface area contributed by atoms with E-state index >= 15 is 0 Å². The number of hydrogen-bond donors (Lipinski definition) is 1. The van der Waals surface area contributed by atoms with E-state index in [1.54, 1.807) is 30.1 Å². The van der Waals surface area contributed by atoms with Gasteiger partial charge in [0, 0.05) is 30.9 Å². The molecular weight excluding hydrogens is 343 g/mol. The van der Waals surface area contributed by atoms with E-state index in [1.165, 1.54) is 12.1 Å². The first kappa shape index (κ1) is 18.7. The lowest BCUT2D eigenvalue weighted by atomic mass is 10.4. The van der Waals surface area contributed by atoms with Gasteiger partial charge in [-0.3, -0.25) is 4.99 Å². The second kappa shape index (κ2) is 9.64. The predicted molar refractivity (Wildman–Crippen MR) is 101 cm³/mol. The normalized spacial score (nSPS) is 11.6. The summed E-state index contributed by atoms with van der Waals surface area (Å²) in [6, 6.07) is 6.63. The van der Waals surface area contributed by atoms with Gasteiger partial charge in [-0.15, -0.1) is 23.1 Å². The van der Waals surface area contributed by atoms with Crippen LogP contribution in [0, 0.1) is 12.7 Å². The fraction of sp³-hybridized carbons (Fsp3) is 0.412. The molecular formula is C17H23FN4S2. The van der Waals surface area contributed by atoms with Gasteiger partial charge in [0.15, 0.2) is 5.96 Å². The van der Waals surface area contributed by atoms with Crippen LogP contribution in [0.3, 0.4) is 0 Å². The molecule has 1 N–H and O–H groups in total. The molecule has 0 saturated heterocycles. The first-order valence-electron chi connectivity index (χ1n) is 7.79. The van der Waals surface area contributed by atoms with Gasteiger partial charge in [0.05, 0.1) is 17.2 Å². The molecule has 0 aliphatic carbocycles. The number of thioether (sulfide) groups is 1. The Labute approximate surface area is 151 Å². The first-order valence-corrected chi connectivity index (χ1v) is 9.66. The zero-order chi connectivity index (χ0) is 17.4. The Hall–Kier alpha value is -1.60. The monoisotopic (exact) mass is 366 g/mol. The molecule has 1 aromatic heterocycles. The maximum atomic E-state index is 12.8. The van der Waals surface area contributed by atoms with Crippen LogP contribution < -0.4 is 5.32 Å². The molecule has 7 heteroatoms. The van der Waals surface area contributed by atoms with Crippen molar-refractivity contribution in [1.29, 1.82) is 0 Å². The minimum atomic E-state index is -0.192. The van der Waals surface area contributed by atoms with E-state index in [4.69, 9.17) is 0 Å². The van der Waals surface area contributed by atoms with Crippen LogP contribution in [0.4, 0.5) is 4.39 Å². The van der Waals surface area contributed by atoms with E-state index in [-0.39, 0.29) is 5.82 Å². The summed E-state index contributed by atoms with van der Waals surface area (Å²) in [5.41, 5.74) is 1.06. The Kier molecular flexibility index (Phi) is 7.52. The summed E-state index contributed by atoms with van der Waals surface area (Å²) in [6.45, 7) is 3.61. The molecule has 4 nitrogen and oxygen atoms in total. The summed E-state index contributed by atoms with van der Waals surface area (Å²) < 4.78 is 12.8. The lowest BCUT2D eigenvalue weighted by molar-refractivity contribution is 0.471. The van der Waals surface area contributed by atoms with Gasteiger partial charge >= 0.3 is 0 Å². The molecule has 0 bridgehead atoms. The largest absolute Gasteiger partial charge is 0.356 e. The molecule has 0 radical (unpaired) electrons. The fourth-order valence-electron chi connectivity index (χ4n) is 2.18. The van der Waals surface area contributed by atoms with Gasteiger partial charge in [-0.1, -0.05) is 0 Å². The molecule has 24 heavy (non-hydrogen) atoms. The molecule has 0 fully saturated rings. The Morgan fingerprint density at radius 3 is 2.75 bits per heavy atom. The summed E-state index contributed by atoms with van der Waals surface area (Å²) >= 11 is 3.40. The van der Waals surface area contributed by atoms with E-state index in [0.717, 1.165) is 46.8 Å². The van der Waals surface area contributed by atoms with E-state index in [9.17, 15) is 4.39 Å². The summed E-state index contributed by atoms with van der Waals surface area (Å²) in [5.74, 6) is 1.65. The topological polar surface area (TPSA) is 40.5 Å². The fourth-order valence-corrected chi connectivity index (χ4v) is 3.63. The van der Waals surface area contributed by atoms with Crippen LogP contribution >= 0.6 is 23.1 Å². The van der Waals surface area contributed by atoms with Gasteiger partial charge in [0.1, 0.15) is 5.82 Å². The highest BCUT2D eigenvalue weighted by atomic mass is 32.2. The van der Waals surface area contributed by atoms with Crippen LogP contribution in [0.5, 0.6) is 0 Å². The van der Waals surface area contributed by atoms with E-state index in [2.05, 4.69) is 25.6 Å². The van der Waals surface area contributed by atoms with Crippen LogP contribution in [-0.4, -0.2) is 42.2 Å². The van der Waals surface area contributed by atoms with Crippen LogP contribution in [0.25, 0.3) is 0 Å². The average Bonchev–Trinajstić information content (AvgIpc) is 2.97. The lowest BCUT2D eigenvalue weighted by Gasteiger charge is -2.21. The van der Waals surface area contributed by atoms with Crippen molar-refractivity contribution in [3.63, 3.8) is 0 Å². The van der Waals surface area contributed by atoms with Gasteiger partial charge in [0.2, 0.25) is 0 Å². The molecule has 0 aliphatic rings. The highest BCUT2D eigenvalue weighted by Crippen LogP contribution is 2.18. The molecule has 0 aliphatic heterocycles. The van der Waals surface area contributed by atoms with Gasteiger partial charge < -0.3 is 10.2 Å². The number of nitrogens with zero attached hydrogens (tertiary/aromatic N) is 3. The second-order valence-corrected chi connectivity index (χ2v) is 7.57. The van der Waals surface area contributed by atoms with Crippen molar-refractivity contribution in [2.24, 2.45) is 4.99 Å². The predicted octanol–water partition coefficient (Wildman–Crippen LogP) is 3.78. The first-order chi connectivity index (χ1) is 11.6. The second-order valence-electron chi connectivity index (χ2n) is 5.34. The van der Waals surface area contributed by atoms with Crippen LogP contribution in [-0.2, 0) is 6.54 Å². The number of halogens is 1. The van der Waals surface area contributed by atoms with Gasteiger partial charge in [-0.25, -0.2) is 9.37 Å². The standard InChI is InChI=1S/C17H23FN4S2/c1-13-21-15(12-24-13)11-22(3)17(19-2)20-9-4-10-23-16-7-5-14(18)6-8-16/h5-8,12H,4,9-11H2,1-3H3,(H,19,20). The van der Waals surface area contributed by atoms with Crippen molar-refractivity contribution in [1.82, 2.24) is 15.2 Å². The zero-order valence-corrected chi connectivity index (χ0v) is 15.9. The van der Waals surface area contributed by atoms with Gasteiger partial charge in [-0.2, -0.15) is 0 Å². The molecule has 0 unspecified atom stereocenters. The molecule has 0 amide bonds. The molecule has 2 aromatic rings. The highest BCUT2D eigenvalue weighted by molar-refractivity contribution is 7.99. The summed E-state index contributed by atoms with van der Waals surface area (Å²) in [4.78, 5) is 12.0. The Morgan fingerprint density at radius 2 is 2.12 bits per heavy atom. The number of hydrogen-bond acceptors (Lipinski definition) is 4. The zero-order valence-electron chi connectivity index (χ0n) is 14.3. The number of aromatic nitrogens is 1. The average molecular weight is 367 g/mol. The molecule has 2 rings (SSSR count). The number of nitrogens with one attached hydrogen (secondary N) is 1. The summed E-state index contributed by atoms with van der Waals surface area (Å²) in [5, 5.41) is 6.53. The molecule has 130 valence electrons. The van der Waals surface area contributed by atoms with Crippen LogP contribution in [0.2, 0.25) is 0 Å². The molecule has 0 saturated carbocycles. The third-order valence-corrected chi connectivity index (χ3v) is 5.25. The minimum absolute atomic E-state index is 0.192. The SMILES string of the molecule is CN=C(NCCCSc1ccc(F)cc1)N(C)Cc1csc(C)n1. The molecule has 1 heterocycles. The summed E-state index contributed by atoms with van der Waals surface area (Å²) in [7, 11) is 3.80. The lowest BCUT2D eigenvalue weighted by Crippen LogP contribution is -2.39. The van der Waals surface area contributed by atoms with Gasteiger partial charge in [0.25, 0.3) is 0 Å². The minimum Gasteiger partial charge on any atom is -0.356 e. The van der Waals surface area contributed by atoms with E-state index < -0.39 is 0 Å². The maximum Gasteiger partial charge on any atom is 0.193 e. The molecule has 0 atom stereocenters. The Balaban J connectivity index is 1.68. The third-order valence-electron chi connectivity index (χ3n) is 3.33. The number of aryl methyl sites for hydroxylation is 1. The van der Waals surface area contributed by atoms with E-state index in [0.29, 0.717) is 0 Å². The van der Waals surface area contributed by atoms with Crippen molar-refractivity contribution in [2.45, 2.75) is 24.8 Å². The number of rotatable bonds is 7. The van der Waals surface area contributed by atoms with Gasteiger partial charge in [-0.05, 0) is 43.4 Å². The van der Waals surface area contributed by atoms with Crippen molar-refractivity contribution in [2.75, 3.05) is 26.4 Å².